The van der Waals surface area contributed by atoms with Crippen molar-refractivity contribution in [2.24, 2.45) is 0 Å². The van der Waals surface area contributed by atoms with Crippen molar-refractivity contribution in [1.82, 2.24) is 14.5 Å². The second-order valence-electron chi connectivity index (χ2n) is 8.69. The Labute approximate surface area is 198 Å². The van der Waals surface area contributed by atoms with Gasteiger partial charge in [0.1, 0.15) is 11.7 Å². The van der Waals surface area contributed by atoms with E-state index in [-0.39, 0.29) is 11.9 Å². The van der Waals surface area contributed by atoms with Crippen LogP contribution in [0.4, 0.5) is 5.69 Å². The summed E-state index contributed by atoms with van der Waals surface area (Å²) < 4.78 is 2.17. The summed E-state index contributed by atoms with van der Waals surface area (Å²) in [6, 6.07) is 16.5. The van der Waals surface area contributed by atoms with Gasteiger partial charge in [-0.1, -0.05) is 24.3 Å². The van der Waals surface area contributed by atoms with Gasteiger partial charge < -0.3 is 9.88 Å². The SMILES string of the molecule is Cc1cc(C)c2c(C#N)c(/C=C/C(=O)Nc3cccnc3)n([C@H]3CCCc4ccccc43)c2n1. The van der Waals surface area contributed by atoms with Gasteiger partial charge in [-0.2, -0.15) is 5.26 Å². The maximum atomic E-state index is 12.7. The van der Waals surface area contributed by atoms with Gasteiger partial charge in [0, 0.05) is 23.4 Å². The van der Waals surface area contributed by atoms with Gasteiger partial charge in [-0.3, -0.25) is 9.78 Å². The number of hydrogen-bond donors (Lipinski definition) is 1. The average molecular weight is 448 g/mol. The minimum Gasteiger partial charge on any atom is -0.321 e. The van der Waals surface area contributed by atoms with Crippen molar-refractivity contribution in [3.8, 4) is 6.07 Å². The predicted molar refractivity (Wildman–Crippen MR) is 133 cm³/mol. The Balaban J connectivity index is 1.68. The molecular formula is C28H25N5O. The monoisotopic (exact) mass is 447 g/mol. The number of aromatic nitrogens is 3. The van der Waals surface area contributed by atoms with Crippen molar-refractivity contribution >= 4 is 28.7 Å². The number of nitrogens with one attached hydrogen (secondary N) is 1. The molecule has 4 aromatic rings. The zero-order valence-corrected chi connectivity index (χ0v) is 19.2. The van der Waals surface area contributed by atoms with Gasteiger partial charge in [0.05, 0.1) is 29.2 Å². The highest BCUT2D eigenvalue weighted by atomic mass is 16.1. The number of anilines is 1. The molecule has 3 aromatic heterocycles. The molecular weight excluding hydrogens is 422 g/mol. The molecule has 1 atom stereocenters. The molecule has 0 spiro atoms. The van der Waals surface area contributed by atoms with Gasteiger partial charge in [-0.25, -0.2) is 4.98 Å². The van der Waals surface area contributed by atoms with Crippen molar-refractivity contribution in [2.45, 2.75) is 39.2 Å². The lowest BCUT2D eigenvalue weighted by atomic mass is 9.87. The lowest BCUT2D eigenvalue weighted by molar-refractivity contribution is -0.111. The van der Waals surface area contributed by atoms with E-state index >= 15 is 0 Å². The number of fused-ring (bicyclic) bond motifs is 2. The van der Waals surface area contributed by atoms with Crippen LogP contribution in [-0.4, -0.2) is 20.4 Å². The summed E-state index contributed by atoms with van der Waals surface area (Å²) >= 11 is 0. The number of nitriles is 1. The van der Waals surface area contributed by atoms with Crippen molar-refractivity contribution in [2.75, 3.05) is 5.32 Å². The molecule has 1 N–H and O–H groups in total. The van der Waals surface area contributed by atoms with Crippen LogP contribution in [0.3, 0.4) is 0 Å². The van der Waals surface area contributed by atoms with Crippen molar-refractivity contribution in [3.63, 3.8) is 0 Å². The molecule has 5 rings (SSSR count). The molecule has 1 aliphatic rings. The van der Waals surface area contributed by atoms with E-state index < -0.39 is 0 Å². The zero-order valence-electron chi connectivity index (χ0n) is 19.2. The summed E-state index contributed by atoms with van der Waals surface area (Å²) in [7, 11) is 0. The van der Waals surface area contributed by atoms with E-state index in [1.165, 1.54) is 17.2 Å². The first kappa shape index (κ1) is 21.6. The van der Waals surface area contributed by atoms with Gasteiger partial charge in [-0.15, -0.1) is 0 Å². The third-order valence-electron chi connectivity index (χ3n) is 6.40. The molecule has 0 aliphatic heterocycles. The lowest BCUT2D eigenvalue weighted by Gasteiger charge is -2.28. The fourth-order valence-corrected chi connectivity index (χ4v) is 5.03. The van der Waals surface area contributed by atoms with Gasteiger partial charge in [0.2, 0.25) is 5.91 Å². The largest absolute Gasteiger partial charge is 0.321 e. The Morgan fingerprint density at radius 1 is 1.24 bits per heavy atom. The summed E-state index contributed by atoms with van der Waals surface area (Å²) in [6.07, 6.45) is 9.53. The average Bonchev–Trinajstić information content (AvgIpc) is 3.16. The first-order valence-corrected chi connectivity index (χ1v) is 11.5. The lowest BCUT2D eigenvalue weighted by Crippen LogP contribution is -2.19. The Hall–Kier alpha value is -4.24. The number of benzene rings is 1. The molecule has 34 heavy (non-hydrogen) atoms. The maximum Gasteiger partial charge on any atom is 0.248 e. The quantitative estimate of drug-likeness (QED) is 0.419. The molecule has 1 aromatic carbocycles. The van der Waals surface area contributed by atoms with E-state index in [4.69, 9.17) is 4.98 Å². The van der Waals surface area contributed by atoms with Crippen molar-refractivity contribution < 1.29 is 4.79 Å². The molecule has 0 bridgehead atoms. The fraction of sp³-hybridized carbons (Fsp3) is 0.214. The fourth-order valence-electron chi connectivity index (χ4n) is 5.03. The summed E-state index contributed by atoms with van der Waals surface area (Å²) in [4.78, 5) is 21.6. The predicted octanol–water partition coefficient (Wildman–Crippen LogP) is 5.50. The van der Waals surface area contributed by atoms with Crippen LogP contribution >= 0.6 is 0 Å². The highest BCUT2D eigenvalue weighted by Crippen LogP contribution is 2.39. The molecule has 0 saturated carbocycles. The summed E-state index contributed by atoms with van der Waals surface area (Å²) in [5, 5.41) is 13.9. The minimum absolute atomic E-state index is 0.0456. The Morgan fingerprint density at radius 3 is 2.88 bits per heavy atom. The zero-order chi connectivity index (χ0) is 23.7. The number of carbonyl (C=O) groups is 1. The van der Waals surface area contributed by atoms with E-state index in [9.17, 15) is 10.1 Å². The Bertz CT molecular complexity index is 1460. The van der Waals surface area contributed by atoms with E-state index in [1.807, 2.05) is 19.9 Å². The minimum atomic E-state index is -0.279. The second-order valence-corrected chi connectivity index (χ2v) is 8.69. The molecule has 168 valence electrons. The number of nitrogens with zero attached hydrogens (tertiary/aromatic N) is 4. The van der Waals surface area contributed by atoms with E-state index in [0.29, 0.717) is 16.9 Å². The third-order valence-corrected chi connectivity index (χ3v) is 6.40. The third kappa shape index (κ3) is 3.86. The summed E-state index contributed by atoms with van der Waals surface area (Å²) in [6.45, 7) is 3.99. The molecule has 0 saturated heterocycles. The molecule has 3 heterocycles. The summed E-state index contributed by atoms with van der Waals surface area (Å²) in [5.74, 6) is -0.279. The van der Waals surface area contributed by atoms with Crippen LogP contribution in [0, 0.1) is 25.2 Å². The normalized spacial score (nSPS) is 15.3. The highest BCUT2D eigenvalue weighted by Gasteiger charge is 2.28. The standard InChI is InChI=1S/C28H25N5O/c1-18-15-19(2)31-28-27(18)23(16-29)25(12-13-26(34)32-21-9-6-14-30-17-21)33(28)24-11-5-8-20-7-3-4-10-22(20)24/h3-4,6-7,9-10,12-15,17,24H,5,8,11H2,1-2H3,(H,32,34)/b13-12+/t24-/m0/s1. The Kier molecular flexibility index (Phi) is 5.69. The van der Waals surface area contributed by atoms with E-state index in [0.717, 1.165) is 41.6 Å². The second kappa shape index (κ2) is 8.95. The van der Waals surface area contributed by atoms with Crippen LogP contribution in [-0.2, 0) is 11.2 Å². The smallest absolute Gasteiger partial charge is 0.248 e. The number of carbonyl (C=O) groups excluding carboxylic acids is 1. The molecule has 1 aliphatic carbocycles. The van der Waals surface area contributed by atoms with E-state index in [1.54, 1.807) is 30.6 Å². The van der Waals surface area contributed by atoms with Crippen LogP contribution < -0.4 is 5.32 Å². The molecule has 0 fully saturated rings. The molecule has 1 amide bonds. The number of rotatable bonds is 4. The van der Waals surface area contributed by atoms with Crippen LogP contribution in [0.2, 0.25) is 0 Å². The van der Waals surface area contributed by atoms with Crippen molar-refractivity contribution in [1.29, 1.82) is 5.26 Å². The first-order chi connectivity index (χ1) is 16.6. The number of hydrogen-bond acceptors (Lipinski definition) is 4. The van der Waals surface area contributed by atoms with Gasteiger partial charge >= 0.3 is 0 Å². The molecule has 0 radical (unpaired) electrons. The van der Waals surface area contributed by atoms with Crippen LogP contribution in [0.5, 0.6) is 0 Å². The van der Waals surface area contributed by atoms with Gasteiger partial charge in [-0.05, 0) is 74.1 Å². The number of pyridine rings is 2. The number of aryl methyl sites for hydroxylation is 3. The molecule has 6 heteroatoms. The van der Waals surface area contributed by atoms with Crippen LogP contribution in [0.1, 0.15) is 52.5 Å². The van der Waals surface area contributed by atoms with Gasteiger partial charge in [0.15, 0.2) is 0 Å². The first-order valence-electron chi connectivity index (χ1n) is 11.5. The van der Waals surface area contributed by atoms with Crippen molar-refractivity contribution in [3.05, 3.63) is 94.6 Å². The van der Waals surface area contributed by atoms with Crippen LogP contribution in [0.25, 0.3) is 17.1 Å². The Morgan fingerprint density at radius 2 is 2.09 bits per heavy atom. The number of amides is 1. The maximum absolute atomic E-state index is 12.7. The summed E-state index contributed by atoms with van der Waals surface area (Å²) in [5.41, 5.74) is 7.17. The highest BCUT2D eigenvalue weighted by molar-refractivity contribution is 6.03. The van der Waals surface area contributed by atoms with Crippen LogP contribution in [0.15, 0.2) is 60.9 Å². The van der Waals surface area contributed by atoms with Gasteiger partial charge in [0.25, 0.3) is 0 Å². The topological polar surface area (TPSA) is 83.6 Å². The van der Waals surface area contributed by atoms with E-state index in [2.05, 4.69) is 45.2 Å². The molecule has 0 unspecified atom stereocenters. The molecule has 6 nitrogen and oxygen atoms in total.